The second kappa shape index (κ2) is 7.49. The molecule has 106 valence electrons. The summed E-state index contributed by atoms with van der Waals surface area (Å²) in [4.78, 5) is 0. The van der Waals surface area contributed by atoms with Crippen molar-refractivity contribution in [2.24, 2.45) is 5.92 Å². The maximum absolute atomic E-state index is 3.51. The van der Waals surface area contributed by atoms with E-state index in [4.69, 9.17) is 0 Å². The van der Waals surface area contributed by atoms with Gasteiger partial charge in [0, 0.05) is 12.6 Å². The van der Waals surface area contributed by atoms with Crippen LogP contribution in [0.3, 0.4) is 0 Å². The normalized spacial score (nSPS) is 12.8. The monoisotopic (exact) mass is 259 g/mol. The van der Waals surface area contributed by atoms with E-state index in [0.717, 1.165) is 6.54 Å². The molecule has 0 radical (unpaired) electrons. The molecule has 1 aromatic rings. The highest BCUT2D eigenvalue weighted by Gasteiger charge is 2.05. The van der Waals surface area contributed by atoms with E-state index in [0.29, 0.717) is 17.9 Å². The van der Waals surface area contributed by atoms with Crippen molar-refractivity contribution in [1.82, 2.24) is 5.32 Å². The second-order valence-electron chi connectivity index (χ2n) is 6.23. The first-order chi connectivity index (χ1) is 8.90. The minimum absolute atomic E-state index is 0.533. The van der Waals surface area contributed by atoms with Crippen LogP contribution in [0.1, 0.15) is 58.6 Å². The third-order valence-electron chi connectivity index (χ3n) is 3.41. The Morgan fingerprint density at radius 2 is 1.58 bits per heavy atom. The van der Waals surface area contributed by atoms with Gasteiger partial charge in [0.05, 0.1) is 0 Å². The van der Waals surface area contributed by atoms with Crippen LogP contribution in [0.25, 0.3) is 6.08 Å². The molecular weight excluding hydrogens is 230 g/mol. The van der Waals surface area contributed by atoms with Gasteiger partial charge in [-0.2, -0.15) is 0 Å². The molecule has 1 nitrogen and oxygen atoms in total. The van der Waals surface area contributed by atoms with Gasteiger partial charge in [-0.1, -0.05) is 77.5 Å². The summed E-state index contributed by atoms with van der Waals surface area (Å²) >= 11 is 0. The van der Waals surface area contributed by atoms with E-state index in [-0.39, 0.29) is 0 Å². The zero-order valence-corrected chi connectivity index (χ0v) is 13.3. The molecule has 0 aliphatic rings. The molecule has 0 fully saturated rings. The molecule has 0 amide bonds. The van der Waals surface area contributed by atoms with Crippen LogP contribution in [0.4, 0.5) is 0 Å². The maximum Gasteiger partial charge on any atom is 0.0172 e. The molecule has 0 saturated carbocycles. The van der Waals surface area contributed by atoms with Crippen molar-refractivity contribution in [2.45, 2.75) is 53.5 Å². The van der Waals surface area contributed by atoms with E-state index in [1.165, 1.54) is 16.7 Å². The number of benzene rings is 1. The van der Waals surface area contributed by atoms with E-state index in [1.54, 1.807) is 0 Å². The molecule has 1 heteroatoms. The summed E-state index contributed by atoms with van der Waals surface area (Å²) in [6.07, 6.45) is 2.32. The van der Waals surface area contributed by atoms with E-state index in [1.807, 2.05) is 0 Å². The molecule has 0 bridgehead atoms. The van der Waals surface area contributed by atoms with Gasteiger partial charge in [0.15, 0.2) is 0 Å². The molecule has 1 aromatic carbocycles. The Balaban J connectivity index is 2.83. The zero-order chi connectivity index (χ0) is 14.4. The largest absolute Gasteiger partial charge is 0.311 e. The first-order valence-corrected chi connectivity index (χ1v) is 7.44. The number of rotatable bonds is 6. The highest BCUT2D eigenvalue weighted by atomic mass is 14.9. The lowest BCUT2D eigenvalue weighted by Gasteiger charge is -2.15. The van der Waals surface area contributed by atoms with Crippen molar-refractivity contribution in [3.8, 4) is 0 Å². The summed E-state index contributed by atoms with van der Waals surface area (Å²) in [5.41, 5.74) is 4.17. The van der Waals surface area contributed by atoms with Crippen LogP contribution in [-0.4, -0.2) is 12.6 Å². The maximum atomic E-state index is 3.51. The molecule has 0 aliphatic heterocycles. The SMILES string of the molecule is CC(C)NCC(=Cc1ccc(C(C)C)cc1)C(C)C. The smallest absolute Gasteiger partial charge is 0.0172 e. The van der Waals surface area contributed by atoms with Crippen molar-refractivity contribution in [1.29, 1.82) is 0 Å². The van der Waals surface area contributed by atoms with Crippen LogP contribution < -0.4 is 5.32 Å². The molecule has 0 atom stereocenters. The Hall–Kier alpha value is -1.08. The van der Waals surface area contributed by atoms with Crippen LogP contribution in [0, 0.1) is 5.92 Å². The molecule has 0 aromatic heterocycles. The minimum Gasteiger partial charge on any atom is -0.311 e. The summed E-state index contributed by atoms with van der Waals surface area (Å²) in [6.45, 7) is 14.3. The Bertz CT molecular complexity index is 396. The fraction of sp³-hybridized carbons (Fsp3) is 0.556. The predicted octanol–water partition coefficient (Wildman–Crippen LogP) is 4.85. The fourth-order valence-electron chi connectivity index (χ4n) is 1.94. The first-order valence-electron chi connectivity index (χ1n) is 7.44. The molecule has 0 unspecified atom stereocenters. The van der Waals surface area contributed by atoms with Crippen molar-refractivity contribution < 1.29 is 0 Å². The van der Waals surface area contributed by atoms with Crippen molar-refractivity contribution in [2.75, 3.05) is 6.54 Å². The summed E-state index contributed by atoms with van der Waals surface area (Å²) in [5, 5.41) is 3.51. The molecule has 0 saturated heterocycles. The lowest BCUT2D eigenvalue weighted by Crippen LogP contribution is -2.26. The summed E-state index contributed by atoms with van der Waals surface area (Å²) < 4.78 is 0. The van der Waals surface area contributed by atoms with Gasteiger partial charge in [-0.15, -0.1) is 0 Å². The molecule has 1 N–H and O–H groups in total. The van der Waals surface area contributed by atoms with E-state index in [2.05, 4.69) is 77.2 Å². The van der Waals surface area contributed by atoms with Gasteiger partial charge in [0.25, 0.3) is 0 Å². The Labute approximate surface area is 119 Å². The van der Waals surface area contributed by atoms with Gasteiger partial charge in [-0.05, 0) is 23.0 Å². The number of hydrogen-bond donors (Lipinski definition) is 1. The van der Waals surface area contributed by atoms with Crippen molar-refractivity contribution in [3.63, 3.8) is 0 Å². The standard InChI is InChI=1S/C18H29N/c1-13(2)17-9-7-16(8-10-17)11-18(14(3)4)12-19-15(5)6/h7-11,13-15,19H,12H2,1-6H3. The highest BCUT2D eigenvalue weighted by molar-refractivity contribution is 5.54. The molecular formula is C18H29N. The lowest BCUT2D eigenvalue weighted by molar-refractivity contribution is 0.593. The predicted molar refractivity (Wildman–Crippen MR) is 86.5 cm³/mol. The number of hydrogen-bond acceptors (Lipinski definition) is 1. The van der Waals surface area contributed by atoms with Crippen LogP contribution in [-0.2, 0) is 0 Å². The highest BCUT2D eigenvalue weighted by Crippen LogP contribution is 2.18. The molecule has 0 spiro atoms. The zero-order valence-electron chi connectivity index (χ0n) is 13.3. The van der Waals surface area contributed by atoms with Gasteiger partial charge in [-0.25, -0.2) is 0 Å². The third-order valence-corrected chi connectivity index (χ3v) is 3.41. The van der Waals surface area contributed by atoms with Crippen LogP contribution in [0.5, 0.6) is 0 Å². The quantitative estimate of drug-likeness (QED) is 0.770. The average molecular weight is 259 g/mol. The van der Waals surface area contributed by atoms with Gasteiger partial charge < -0.3 is 5.32 Å². The van der Waals surface area contributed by atoms with E-state index >= 15 is 0 Å². The summed E-state index contributed by atoms with van der Waals surface area (Å²) in [5.74, 6) is 1.18. The molecule has 0 aliphatic carbocycles. The van der Waals surface area contributed by atoms with Gasteiger partial charge in [-0.3, -0.25) is 0 Å². The molecule has 1 rings (SSSR count). The van der Waals surface area contributed by atoms with Gasteiger partial charge >= 0.3 is 0 Å². The Morgan fingerprint density at radius 1 is 1.00 bits per heavy atom. The van der Waals surface area contributed by atoms with E-state index < -0.39 is 0 Å². The Morgan fingerprint density at radius 3 is 2.00 bits per heavy atom. The lowest BCUT2D eigenvalue weighted by atomic mass is 9.97. The Kier molecular flexibility index (Phi) is 6.30. The minimum atomic E-state index is 0.533. The van der Waals surface area contributed by atoms with Gasteiger partial charge in [0.1, 0.15) is 0 Å². The third kappa shape index (κ3) is 5.61. The average Bonchev–Trinajstić information content (AvgIpc) is 2.34. The molecule has 19 heavy (non-hydrogen) atoms. The summed E-state index contributed by atoms with van der Waals surface area (Å²) in [7, 11) is 0. The van der Waals surface area contributed by atoms with E-state index in [9.17, 15) is 0 Å². The van der Waals surface area contributed by atoms with Crippen molar-refractivity contribution >= 4 is 6.08 Å². The van der Waals surface area contributed by atoms with Crippen molar-refractivity contribution in [3.05, 3.63) is 41.0 Å². The fourth-order valence-corrected chi connectivity index (χ4v) is 1.94. The number of nitrogens with one attached hydrogen (secondary N) is 1. The summed E-state index contributed by atoms with van der Waals surface area (Å²) in [6, 6.07) is 9.47. The van der Waals surface area contributed by atoms with Crippen LogP contribution >= 0.6 is 0 Å². The van der Waals surface area contributed by atoms with Crippen LogP contribution in [0.15, 0.2) is 29.8 Å². The second-order valence-corrected chi connectivity index (χ2v) is 6.23. The molecule has 0 heterocycles. The van der Waals surface area contributed by atoms with Gasteiger partial charge in [0.2, 0.25) is 0 Å². The van der Waals surface area contributed by atoms with Crippen LogP contribution in [0.2, 0.25) is 0 Å². The first kappa shape index (κ1) is 16.0. The topological polar surface area (TPSA) is 12.0 Å².